The lowest BCUT2D eigenvalue weighted by atomic mass is 10.2. The van der Waals surface area contributed by atoms with Crippen molar-refractivity contribution < 1.29 is 4.39 Å². The first-order valence-corrected chi connectivity index (χ1v) is 6.84. The van der Waals surface area contributed by atoms with Gasteiger partial charge in [-0.25, -0.2) is 4.39 Å². The molecule has 19 heavy (non-hydrogen) atoms. The molecule has 2 aromatic rings. The highest BCUT2D eigenvalue weighted by Crippen LogP contribution is 2.22. The van der Waals surface area contributed by atoms with Crippen LogP contribution in [-0.4, -0.2) is 4.99 Å². The first-order chi connectivity index (χ1) is 9.06. The standard InChI is InChI=1S/C14H12BrFN2S/c15-13-7-11(5-6-12(13)14(17)19)18-8-9-1-3-10(16)4-2-9/h1-7,18H,8H2,(H2,17,19). The lowest BCUT2D eigenvalue weighted by Gasteiger charge is -2.09. The summed E-state index contributed by atoms with van der Waals surface area (Å²) in [5, 5.41) is 3.25. The lowest BCUT2D eigenvalue weighted by molar-refractivity contribution is 0.627. The second kappa shape index (κ2) is 6.12. The summed E-state index contributed by atoms with van der Waals surface area (Å²) in [6.45, 7) is 0.624. The van der Waals surface area contributed by atoms with Gasteiger partial charge in [0.25, 0.3) is 0 Å². The van der Waals surface area contributed by atoms with Crippen LogP contribution in [0.1, 0.15) is 11.1 Å². The third-order valence-electron chi connectivity index (χ3n) is 2.64. The Hall–Kier alpha value is -1.46. The second-order valence-corrected chi connectivity index (χ2v) is 5.33. The Bertz CT molecular complexity index is 599. The molecule has 0 aromatic heterocycles. The number of hydrogen-bond donors (Lipinski definition) is 2. The molecule has 0 atom stereocenters. The average molecular weight is 339 g/mol. The molecular weight excluding hydrogens is 327 g/mol. The van der Waals surface area contributed by atoms with Crippen LogP contribution in [0.25, 0.3) is 0 Å². The molecule has 0 aliphatic rings. The van der Waals surface area contributed by atoms with Crippen molar-refractivity contribution in [1.29, 1.82) is 0 Å². The minimum absolute atomic E-state index is 0.229. The van der Waals surface area contributed by atoms with Crippen molar-refractivity contribution in [1.82, 2.24) is 0 Å². The van der Waals surface area contributed by atoms with Crippen LogP contribution in [0.2, 0.25) is 0 Å². The van der Waals surface area contributed by atoms with Crippen LogP contribution in [0.5, 0.6) is 0 Å². The van der Waals surface area contributed by atoms with Crippen LogP contribution in [0.4, 0.5) is 10.1 Å². The van der Waals surface area contributed by atoms with E-state index in [1.807, 2.05) is 18.2 Å². The third-order valence-corrected chi connectivity index (χ3v) is 3.52. The Morgan fingerprint density at radius 3 is 2.47 bits per heavy atom. The number of benzene rings is 2. The van der Waals surface area contributed by atoms with Crippen LogP contribution < -0.4 is 11.1 Å². The smallest absolute Gasteiger partial charge is 0.123 e. The van der Waals surface area contributed by atoms with Gasteiger partial charge in [-0.3, -0.25) is 0 Å². The van der Waals surface area contributed by atoms with Crippen molar-refractivity contribution in [3.05, 3.63) is 63.9 Å². The van der Waals surface area contributed by atoms with E-state index in [9.17, 15) is 4.39 Å². The van der Waals surface area contributed by atoms with Gasteiger partial charge in [0, 0.05) is 22.3 Å². The first-order valence-electron chi connectivity index (χ1n) is 5.64. The summed E-state index contributed by atoms with van der Waals surface area (Å²) in [6, 6.07) is 12.1. The third kappa shape index (κ3) is 3.75. The Morgan fingerprint density at radius 2 is 1.89 bits per heavy atom. The molecule has 2 nitrogen and oxygen atoms in total. The fourth-order valence-electron chi connectivity index (χ4n) is 1.63. The molecule has 2 rings (SSSR count). The number of halogens is 2. The fraction of sp³-hybridized carbons (Fsp3) is 0.0714. The van der Waals surface area contributed by atoms with Crippen LogP contribution in [-0.2, 0) is 6.54 Å². The molecule has 5 heteroatoms. The Morgan fingerprint density at radius 1 is 1.21 bits per heavy atom. The number of rotatable bonds is 4. The highest BCUT2D eigenvalue weighted by molar-refractivity contribution is 9.10. The van der Waals surface area contributed by atoms with Crippen molar-refractivity contribution in [2.75, 3.05) is 5.32 Å². The van der Waals surface area contributed by atoms with Crippen molar-refractivity contribution in [3.63, 3.8) is 0 Å². The highest BCUT2D eigenvalue weighted by atomic mass is 79.9. The number of nitrogens with two attached hydrogens (primary N) is 1. The summed E-state index contributed by atoms with van der Waals surface area (Å²) in [5.74, 6) is -0.229. The SMILES string of the molecule is NC(=S)c1ccc(NCc2ccc(F)cc2)cc1Br. The van der Waals surface area contributed by atoms with Crippen LogP contribution in [0.3, 0.4) is 0 Å². The van der Waals surface area contributed by atoms with Gasteiger partial charge in [0.2, 0.25) is 0 Å². The molecule has 0 heterocycles. The van der Waals surface area contributed by atoms with Crippen LogP contribution in [0, 0.1) is 5.82 Å². The van der Waals surface area contributed by atoms with Crippen molar-refractivity contribution in [3.8, 4) is 0 Å². The molecule has 0 radical (unpaired) electrons. The summed E-state index contributed by atoms with van der Waals surface area (Å²) in [7, 11) is 0. The van der Waals surface area contributed by atoms with E-state index in [0.29, 0.717) is 11.5 Å². The van der Waals surface area contributed by atoms with Crippen LogP contribution >= 0.6 is 28.1 Å². The highest BCUT2D eigenvalue weighted by Gasteiger charge is 2.03. The molecule has 0 amide bonds. The van der Waals surface area contributed by atoms with Crippen molar-refractivity contribution in [2.24, 2.45) is 5.73 Å². The van der Waals surface area contributed by atoms with Gasteiger partial charge < -0.3 is 11.1 Å². The van der Waals surface area contributed by atoms with E-state index >= 15 is 0 Å². The van der Waals surface area contributed by atoms with E-state index in [0.717, 1.165) is 21.3 Å². The predicted molar refractivity (Wildman–Crippen MR) is 83.8 cm³/mol. The minimum Gasteiger partial charge on any atom is -0.389 e. The van der Waals surface area contributed by atoms with Gasteiger partial charge in [-0.1, -0.05) is 24.4 Å². The van der Waals surface area contributed by atoms with Gasteiger partial charge in [-0.05, 0) is 51.8 Å². The molecule has 0 aliphatic heterocycles. The molecular formula is C14H12BrFN2S. The second-order valence-electron chi connectivity index (χ2n) is 4.04. The topological polar surface area (TPSA) is 38.0 Å². The molecule has 0 saturated carbocycles. The lowest BCUT2D eigenvalue weighted by Crippen LogP contribution is -2.10. The minimum atomic E-state index is -0.229. The van der Waals surface area contributed by atoms with E-state index in [4.69, 9.17) is 18.0 Å². The Balaban J connectivity index is 2.06. The molecule has 2 aromatic carbocycles. The maximum atomic E-state index is 12.8. The maximum absolute atomic E-state index is 12.8. The molecule has 0 fully saturated rings. The molecule has 3 N–H and O–H groups in total. The maximum Gasteiger partial charge on any atom is 0.123 e. The molecule has 0 aliphatic carbocycles. The average Bonchev–Trinajstić information content (AvgIpc) is 2.37. The zero-order valence-corrected chi connectivity index (χ0v) is 12.4. The van der Waals surface area contributed by atoms with Gasteiger partial charge in [0.05, 0.1) is 0 Å². The van der Waals surface area contributed by atoms with Gasteiger partial charge in [-0.2, -0.15) is 0 Å². The molecule has 0 spiro atoms. The summed E-state index contributed by atoms with van der Waals surface area (Å²) in [6.07, 6.45) is 0. The monoisotopic (exact) mass is 338 g/mol. The van der Waals surface area contributed by atoms with E-state index in [1.165, 1.54) is 12.1 Å². The molecule has 0 saturated heterocycles. The van der Waals surface area contributed by atoms with E-state index in [1.54, 1.807) is 12.1 Å². The fourth-order valence-corrected chi connectivity index (χ4v) is 2.53. The normalized spacial score (nSPS) is 10.2. The predicted octanol–water partition coefficient (Wildman–Crippen LogP) is 3.83. The quantitative estimate of drug-likeness (QED) is 0.832. The van der Waals surface area contributed by atoms with Crippen molar-refractivity contribution >= 4 is 38.8 Å². The van der Waals surface area contributed by atoms with Gasteiger partial charge in [0.15, 0.2) is 0 Å². The molecule has 98 valence electrons. The molecule has 0 unspecified atom stereocenters. The zero-order chi connectivity index (χ0) is 13.8. The Labute approximate surface area is 124 Å². The largest absolute Gasteiger partial charge is 0.389 e. The van der Waals surface area contributed by atoms with Crippen molar-refractivity contribution in [2.45, 2.75) is 6.54 Å². The number of nitrogens with one attached hydrogen (secondary N) is 1. The van der Waals surface area contributed by atoms with E-state index < -0.39 is 0 Å². The van der Waals surface area contributed by atoms with E-state index in [-0.39, 0.29) is 5.82 Å². The number of thiocarbonyl (C=S) groups is 1. The zero-order valence-electron chi connectivity index (χ0n) is 9.99. The van der Waals surface area contributed by atoms with Gasteiger partial charge in [-0.15, -0.1) is 0 Å². The van der Waals surface area contributed by atoms with Gasteiger partial charge >= 0.3 is 0 Å². The number of hydrogen-bond acceptors (Lipinski definition) is 2. The van der Waals surface area contributed by atoms with Crippen LogP contribution in [0.15, 0.2) is 46.9 Å². The van der Waals surface area contributed by atoms with Gasteiger partial charge in [0.1, 0.15) is 10.8 Å². The summed E-state index contributed by atoms with van der Waals surface area (Å²) in [5.41, 5.74) is 8.35. The summed E-state index contributed by atoms with van der Waals surface area (Å²) < 4.78 is 13.6. The number of anilines is 1. The summed E-state index contributed by atoms with van der Waals surface area (Å²) in [4.78, 5) is 0.358. The Kier molecular flexibility index (Phi) is 4.50. The molecule has 0 bridgehead atoms. The summed E-state index contributed by atoms with van der Waals surface area (Å²) >= 11 is 8.36. The first kappa shape index (κ1) is 14.0. The van der Waals surface area contributed by atoms with E-state index in [2.05, 4.69) is 21.2 Å².